The van der Waals surface area contributed by atoms with Crippen molar-refractivity contribution in [3.63, 3.8) is 0 Å². The maximum absolute atomic E-state index is 11.5. The monoisotopic (exact) mass is 347 g/mol. The van der Waals surface area contributed by atoms with Crippen molar-refractivity contribution in [2.45, 2.75) is 38.8 Å². The van der Waals surface area contributed by atoms with Gasteiger partial charge in [-0.3, -0.25) is 19.9 Å². The molecular weight excluding hydrogens is 326 g/mol. The van der Waals surface area contributed by atoms with Crippen molar-refractivity contribution in [2.75, 3.05) is 0 Å². The number of pyridine rings is 1. The zero-order chi connectivity index (χ0) is 18.4. The summed E-state index contributed by atoms with van der Waals surface area (Å²) in [6, 6.07) is 1.47. The summed E-state index contributed by atoms with van der Waals surface area (Å²) in [6.45, 7) is 3.75. The van der Waals surface area contributed by atoms with Gasteiger partial charge in [-0.25, -0.2) is 4.98 Å². The molecule has 0 fully saturated rings. The van der Waals surface area contributed by atoms with Crippen molar-refractivity contribution >= 4 is 11.9 Å². The number of aromatic nitrogens is 2. The molecule has 8 nitrogen and oxygen atoms in total. The van der Waals surface area contributed by atoms with Gasteiger partial charge in [-0.1, -0.05) is 13.8 Å². The number of hydrogen-bond acceptors (Lipinski definition) is 6. The van der Waals surface area contributed by atoms with Gasteiger partial charge in [0.25, 0.3) is 0 Å². The lowest BCUT2D eigenvalue weighted by Crippen LogP contribution is -2.48. The number of rotatable bonds is 9. The molecule has 0 bridgehead atoms. The predicted octanol–water partition coefficient (Wildman–Crippen LogP) is 1.82. The summed E-state index contributed by atoms with van der Waals surface area (Å²) in [5.74, 6) is -1.90. The number of hydrogen-bond donors (Lipinski definition) is 3. The van der Waals surface area contributed by atoms with E-state index in [2.05, 4.69) is 15.3 Å². The quantitative estimate of drug-likeness (QED) is 0.627. The van der Waals surface area contributed by atoms with Gasteiger partial charge in [0.15, 0.2) is 5.89 Å². The van der Waals surface area contributed by atoms with Crippen LogP contribution in [0.2, 0.25) is 0 Å². The second-order valence-corrected chi connectivity index (χ2v) is 6.14. The van der Waals surface area contributed by atoms with E-state index in [1.165, 1.54) is 6.26 Å². The summed E-state index contributed by atoms with van der Waals surface area (Å²) < 4.78 is 5.34. The van der Waals surface area contributed by atoms with E-state index in [4.69, 9.17) is 4.42 Å². The average Bonchev–Trinajstić information content (AvgIpc) is 3.02. The molecule has 2 aromatic heterocycles. The summed E-state index contributed by atoms with van der Waals surface area (Å²) in [5, 5.41) is 21.3. The predicted molar refractivity (Wildman–Crippen MR) is 88.9 cm³/mol. The first kappa shape index (κ1) is 18.6. The van der Waals surface area contributed by atoms with Crippen LogP contribution in [-0.4, -0.2) is 44.2 Å². The first-order valence-electron chi connectivity index (χ1n) is 7.93. The molecule has 0 saturated carbocycles. The lowest BCUT2D eigenvalue weighted by Gasteiger charge is -2.20. The first-order chi connectivity index (χ1) is 11.9. The van der Waals surface area contributed by atoms with E-state index in [0.717, 1.165) is 5.56 Å². The molecule has 2 atom stereocenters. The van der Waals surface area contributed by atoms with Crippen LogP contribution >= 0.6 is 0 Å². The Labute approximate surface area is 144 Å². The normalized spacial score (nSPS) is 13.6. The van der Waals surface area contributed by atoms with Gasteiger partial charge in [-0.2, -0.15) is 0 Å². The van der Waals surface area contributed by atoms with Crippen LogP contribution in [0.1, 0.15) is 26.2 Å². The first-order valence-corrected chi connectivity index (χ1v) is 7.93. The summed E-state index contributed by atoms with van der Waals surface area (Å²) in [6.07, 6.45) is 4.95. The maximum Gasteiger partial charge on any atom is 0.321 e. The van der Waals surface area contributed by atoms with Crippen LogP contribution in [0, 0.1) is 5.92 Å². The van der Waals surface area contributed by atoms with Crippen molar-refractivity contribution in [2.24, 2.45) is 5.92 Å². The van der Waals surface area contributed by atoms with Crippen LogP contribution in [0.4, 0.5) is 0 Å². The Bertz CT molecular complexity index is 714. The molecule has 3 N–H and O–H groups in total. The van der Waals surface area contributed by atoms with Gasteiger partial charge in [0.2, 0.25) is 0 Å². The molecule has 2 aromatic rings. The third-order valence-corrected chi connectivity index (χ3v) is 3.61. The second kappa shape index (κ2) is 8.39. The smallest absolute Gasteiger partial charge is 0.321 e. The molecule has 0 aromatic carbocycles. The van der Waals surface area contributed by atoms with Gasteiger partial charge in [0, 0.05) is 18.0 Å². The van der Waals surface area contributed by atoms with E-state index in [-0.39, 0.29) is 18.2 Å². The largest absolute Gasteiger partial charge is 0.480 e. The molecule has 134 valence electrons. The molecule has 25 heavy (non-hydrogen) atoms. The van der Waals surface area contributed by atoms with Crippen LogP contribution in [0.3, 0.4) is 0 Å². The van der Waals surface area contributed by atoms with E-state index in [9.17, 15) is 19.8 Å². The maximum atomic E-state index is 11.5. The molecule has 8 heteroatoms. The summed E-state index contributed by atoms with van der Waals surface area (Å²) in [7, 11) is 0. The summed E-state index contributed by atoms with van der Waals surface area (Å²) in [5.41, 5.74) is 1.37. The lowest BCUT2D eigenvalue weighted by atomic mass is 10.0. The van der Waals surface area contributed by atoms with Gasteiger partial charge in [-0.15, -0.1) is 0 Å². The highest BCUT2D eigenvalue weighted by Gasteiger charge is 2.28. The number of carboxylic acids is 2. The van der Waals surface area contributed by atoms with E-state index < -0.39 is 24.0 Å². The molecule has 2 heterocycles. The fraction of sp³-hybridized carbons (Fsp3) is 0.412. The summed E-state index contributed by atoms with van der Waals surface area (Å²) in [4.78, 5) is 31.0. The van der Waals surface area contributed by atoms with Crippen LogP contribution in [0.15, 0.2) is 35.2 Å². The third kappa shape index (κ3) is 5.39. The Kier molecular flexibility index (Phi) is 6.24. The minimum Gasteiger partial charge on any atom is -0.480 e. The number of nitrogens with zero attached hydrogens (tertiary/aromatic N) is 2. The molecular formula is C17H21N3O5. The van der Waals surface area contributed by atoms with Crippen LogP contribution in [-0.2, 0) is 16.0 Å². The fourth-order valence-electron chi connectivity index (χ4n) is 2.41. The van der Waals surface area contributed by atoms with Gasteiger partial charge in [0.05, 0.1) is 6.42 Å². The minimum absolute atomic E-state index is 0.0533. The van der Waals surface area contributed by atoms with E-state index in [1.54, 1.807) is 24.5 Å². The van der Waals surface area contributed by atoms with Gasteiger partial charge in [-0.05, 0) is 24.5 Å². The van der Waals surface area contributed by atoms with E-state index in [0.29, 0.717) is 12.1 Å². The Morgan fingerprint density at radius 1 is 1.16 bits per heavy atom. The van der Waals surface area contributed by atoms with Crippen LogP contribution < -0.4 is 5.32 Å². The molecule has 0 aliphatic rings. The average molecular weight is 347 g/mol. The molecule has 0 aliphatic carbocycles. The molecule has 0 saturated heterocycles. The number of carbonyl (C=O) groups is 2. The fourth-order valence-corrected chi connectivity index (χ4v) is 2.41. The Morgan fingerprint density at radius 3 is 2.36 bits per heavy atom. The van der Waals surface area contributed by atoms with Gasteiger partial charge < -0.3 is 14.6 Å². The molecule has 2 unspecified atom stereocenters. The van der Waals surface area contributed by atoms with Crippen molar-refractivity contribution in [3.05, 3.63) is 36.7 Å². The lowest BCUT2D eigenvalue weighted by molar-refractivity contribution is -0.143. The minimum atomic E-state index is -1.15. The summed E-state index contributed by atoms with van der Waals surface area (Å²) >= 11 is 0. The molecule has 0 aliphatic heterocycles. The highest BCUT2D eigenvalue weighted by molar-refractivity contribution is 5.77. The van der Waals surface area contributed by atoms with Gasteiger partial charge >= 0.3 is 11.9 Å². The molecule has 0 radical (unpaired) electrons. The second-order valence-electron chi connectivity index (χ2n) is 6.14. The zero-order valence-corrected chi connectivity index (χ0v) is 14.0. The molecule has 0 spiro atoms. The van der Waals surface area contributed by atoms with Gasteiger partial charge in [0.1, 0.15) is 24.0 Å². The molecule has 0 amide bonds. The Morgan fingerprint density at radius 2 is 1.80 bits per heavy atom. The van der Waals surface area contributed by atoms with Crippen LogP contribution in [0.5, 0.6) is 0 Å². The van der Waals surface area contributed by atoms with E-state index >= 15 is 0 Å². The number of aliphatic carboxylic acids is 2. The Balaban J connectivity index is 2.10. The third-order valence-electron chi connectivity index (χ3n) is 3.61. The number of carboxylic acid groups (broad SMARTS) is 2. The number of oxazole rings is 1. The topological polar surface area (TPSA) is 126 Å². The van der Waals surface area contributed by atoms with Crippen molar-refractivity contribution in [1.82, 2.24) is 15.3 Å². The van der Waals surface area contributed by atoms with Crippen molar-refractivity contribution in [1.29, 1.82) is 0 Å². The Hall–Kier alpha value is -2.74. The van der Waals surface area contributed by atoms with Crippen LogP contribution in [0.25, 0.3) is 11.3 Å². The number of nitrogens with one attached hydrogen (secondary N) is 1. The highest BCUT2D eigenvalue weighted by atomic mass is 16.4. The van der Waals surface area contributed by atoms with E-state index in [1.807, 2.05) is 13.8 Å². The SMILES string of the molecule is CC(C)CC(NC(Cc1nc(-c2ccncc2)co1)C(=O)O)C(=O)O. The standard InChI is InChI=1S/C17H21N3O5/c1-10(2)7-12(16(21)22)19-13(17(23)24)8-15-20-14(9-25-15)11-3-5-18-6-4-11/h3-6,9-10,12-13,19H,7-8H2,1-2H3,(H,21,22)(H,23,24). The molecule has 2 rings (SSSR count). The zero-order valence-electron chi connectivity index (χ0n) is 14.0. The highest BCUT2D eigenvalue weighted by Crippen LogP contribution is 2.18. The van der Waals surface area contributed by atoms with Crippen molar-refractivity contribution < 1.29 is 24.2 Å². The van der Waals surface area contributed by atoms with Crippen molar-refractivity contribution in [3.8, 4) is 11.3 Å².